The van der Waals surface area contributed by atoms with E-state index in [-0.39, 0.29) is 17.2 Å². The Morgan fingerprint density at radius 2 is 2.15 bits per heavy atom. The molecule has 2 atom stereocenters. The van der Waals surface area contributed by atoms with Crippen LogP contribution in [0.15, 0.2) is 34.9 Å². The minimum atomic E-state index is -0.344. The molecule has 0 bridgehead atoms. The van der Waals surface area contributed by atoms with E-state index in [1.165, 1.54) is 5.56 Å². The summed E-state index contributed by atoms with van der Waals surface area (Å²) < 4.78 is 7.25. The van der Waals surface area contributed by atoms with Crippen LogP contribution in [-0.2, 0) is 6.42 Å². The Morgan fingerprint density at radius 1 is 1.35 bits per heavy atom. The van der Waals surface area contributed by atoms with Crippen molar-refractivity contribution >= 4 is 34.5 Å². The second kappa shape index (κ2) is 6.43. The fourth-order valence-electron chi connectivity index (χ4n) is 3.43. The highest BCUT2D eigenvalue weighted by molar-refractivity contribution is 7.98. The van der Waals surface area contributed by atoms with Crippen molar-refractivity contribution in [2.45, 2.75) is 38.5 Å². The van der Waals surface area contributed by atoms with E-state index < -0.39 is 0 Å². The smallest absolute Gasteiger partial charge is 0.360 e. The fourth-order valence-corrected chi connectivity index (χ4v) is 3.82. The van der Waals surface area contributed by atoms with E-state index in [0.29, 0.717) is 6.42 Å². The molecule has 6 heteroatoms. The molecule has 2 aromatic heterocycles. The first-order chi connectivity index (χ1) is 12.5. The van der Waals surface area contributed by atoms with Crippen LogP contribution in [0.2, 0.25) is 0 Å². The molecule has 134 valence electrons. The number of aromatic nitrogens is 2. The first-order valence-corrected chi connectivity index (χ1v) is 10.0. The average Bonchev–Trinajstić information content (AvgIpc) is 3.26. The van der Waals surface area contributed by atoms with E-state index in [9.17, 15) is 4.79 Å². The summed E-state index contributed by atoms with van der Waals surface area (Å²) >= 11 is 1.72. The van der Waals surface area contributed by atoms with Gasteiger partial charge < -0.3 is 4.42 Å². The number of benzene rings is 1. The Labute approximate surface area is 156 Å². The van der Waals surface area contributed by atoms with E-state index in [0.717, 1.165) is 33.9 Å². The average molecular weight is 368 g/mol. The summed E-state index contributed by atoms with van der Waals surface area (Å²) in [7, 11) is 0. The molecule has 0 saturated heterocycles. The number of furan rings is 1. The van der Waals surface area contributed by atoms with Gasteiger partial charge in [0.1, 0.15) is 17.0 Å². The number of anilines is 1. The molecule has 1 N–H and O–H groups in total. The first-order valence-electron chi connectivity index (χ1n) is 8.73. The van der Waals surface area contributed by atoms with E-state index in [4.69, 9.17) is 9.40 Å². The lowest BCUT2D eigenvalue weighted by atomic mass is 10.1. The monoisotopic (exact) mass is 368 g/mol. The van der Waals surface area contributed by atoms with Gasteiger partial charge in [0.05, 0.1) is 17.9 Å². The van der Waals surface area contributed by atoms with Crippen molar-refractivity contribution in [3.8, 4) is 0 Å². The Kier molecular flexibility index (Phi) is 4.23. The molecular weight excluding hydrogens is 346 g/mol. The molecule has 3 aromatic rings. The van der Waals surface area contributed by atoms with Crippen LogP contribution in [0.1, 0.15) is 39.5 Å². The molecule has 2 unspecified atom stereocenters. The summed E-state index contributed by atoms with van der Waals surface area (Å²) in [6.45, 7) is 6.26. The number of carbonyl (C=O) groups is 1. The lowest BCUT2D eigenvalue weighted by Crippen LogP contribution is -2.45. The maximum atomic E-state index is 13.2. The second-order valence-electron chi connectivity index (χ2n) is 6.75. The predicted molar refractivity (Wildman–Crippen MR) is 104 cm³/mol. The number of hydrogen-bond donors (Lipinski definition) is 1. The maximum absolute atomic E-state index is 13.2. The van der Waals surface area contributed by atoms with E-state index in [1.807, 2.05) is 22.8 Å². The van der Waals surface area contributed by atoms with E-state index in [1.54, 1.807) is 18.0 Å². The van der Waals surface area contributed by atoms with Crippen molar-refractivity contribution in [3.05, 3.63) is 53.1 Å². The summed E-state index contributed by atoms with van der Waals surface area (Å²) in [6.07, 6.45) is 4.22. The van der Waals surface area contributed by atoms with Crippen LogP contribution in [-0.4, -0.2) is 23.2 Å². The lowest BCUT2D eigenvalue weighted by Gasteiger charge is -2.12. The lowest BCUT2D eigenvalue weighted by molar-refractivity contribution is -0.524. The predicted octanol–water partition coefficient (Wildman–Crippen LogP) is 3.83. The van der Waals surface area contributed by atoms with Gasteiger partial charge in [0, 0.05) is 0 Å². The highest BCUT2D eigenvalue weighted by Gasteiger charge is 2.43. The molecule has 1 aliphatic heterocycles. The number of aryl methyl sites for hydroxylation is 2. The van der Waals surface area contributed by atoms with Gasteiger partial charge >= 0.3 is 11.7 Å². The zero-order valence-corrected chi connectivity index (χ0v) is 16.2. The first kappa shape index (κ1) is 17.1. The molecule has 4 rings (SSSR count). The van der Waals surface area contributed by atoms with Crippen LogP contribution in [0.3, 0.4) is 0 Å². The van der Waals surface area contributed by atoms with Crippen molar-refractivity contribution < 1.29 is 13.8 Å². The quantitative estimate of drug-likeness (QED) is 0.709. The van der Waals surface area contributed by atoms with Crippen LogP contribution in [0, 0.1) is 13.8 Å². The van der Waals surface area contributed by atoms with Crippen LogP contribution < -0.4 is 9.88 Å². The molecule has 0 aliphatic carbocycles. The summed E-state index contributed by atoms with van der Waals surface area (Å²) in [5.74, 6) is 1.65. The van der Waals surface area contributed by atoms with Gasteiger partial charge in [-0.2, -0.15) is 16.3 Å². The molecule has 3 heterocycles. The number of nitrogens with zero attached hydrogens (tertiary/aromatic N) is 2. The molecule has 0 amide bonds. The maximum Gasteiger partial charge on any atom is 0.360 e. The third kappa shape index (κ3) is 2.60. The Morgan fingerprint density at radius 3 is 2.85 bits per heavy atom. The highest BCUT2D eigenvalue weighted by atomic mass is 32.2. The minimum Gasteiger partial charge on any atom is -0.469 e. The van der Waals surface area contributed by atoms with Crippen LogP contribution in [0.5, 0.6) is 0 Å². The molecular formula is C20H22N3O2S+. The Hall–Kier alpha value is -2.34. The number of carbonyl (C=O) groups excluding carboxylic acids is 1. The van der Waals surface area contributed by atoms with Gasteiger partial charge in [-0.1, -0.05) is 6.07 Å². The summed E-state index contributed by atoms with van der Waals surface area (Å²) in [5, 5.41) is 3.59. The topological polar surface area (TPSA) is 59.0 Å². The molecule has 5 nitrogen and oxygen atoms in total. The Bertz CT molecular complexity index is 998. The van der Waals surface area contributed by atoms with Gasteiger partial charge in [-0.25, -0.2) is 9.78 Å². The SMILES string of the molecule is CSC(C)c1nc2c(C)c(C)ccc2[n+]2c1NC(Cc1ccco1)C2=O. The van der Waals surface area contributed by atoms with Crippen molar-refractivity contribution in [1.29, 1.82) is 0 Å². The normalized spacial score (nSPS) is 17.4. The summed E-state index contributed by atoms with van der Waals surface area (Å²) in [5.41, 5.74) is 4.99. The molecule has 0 radical (unpaired) electrons. The largest absolute Gasteiger partial charge is 0.469 e. The van der Waals surface area contributed by atoms with Crippen molar-refractivity contribution in [1.82, 2.24) is 4.98 Å². The van der Waals surface area contributed by atoms with Crippen molar-refractivity contribution in [3.63, 3.8) is 0 Å². The van der Waals surface area contributed by atoms with Gasteiger partial charge in [0.25, 0.3) is 0 Å². The van der Waals surface area contributed by atoms with Gasteiger partial charge in [-0.3, -0.25) is 5.32 Å². The Balaban J connectivity index is 1.90. The number of hydrogen-bond acceptors (Lipinski definition) is 5. The zero-order chi connectivity index (χ0) is 18.4. The third-order valence-electron chi connectivity index (χ3n) is 5.17. The van der Waals surface area contributed by atoms with Crippen molar-refractivity contribution in [2.24, 2.45) is 0 Å². The van der Waals surface area contributed by atoms with Crippen LogP contribution in [0.25, 0.3) is 11.0 Å². The molecule has 0 spiro atoms. The molecule has 0 fully saturated rings. The minimum absolute atomic E-state index is 0.0432. The van der Waals surface area contributed by atoms with Crippen LogP contribution >= 0.6 is 11.8 Å². The molecule has 26 heavy (non-hydrogen) atoms. The summed E-state index contributed by atoms with van der Waals surface area (Å²) in [4.78, 5) is 18.2. The number of fused-ring (bicyclic) bond motifs is 3. The van der Waals surface area contributed by atoms with Gasteiger partial charge in [0.2, 0.25) is 6.04 Å². The second-order valence-corrected chi connectivity index (χ2v) is 7.93. The highest BCUT2D eigenvalue weighted by Crippen LogP contribution is 2.33. The van der Waals surface area contributed by atoms with Gasteiger partial charge in [-0.05, 0) is 56.4 Å². The molecule has 0 saturated carbocycles. The summed E-state index contributed by atoms with van der Waals surface area (Å²) in [6, 6.07) is 7.45. The van der Waals surface area contributed by atoms with Crippen molar-refractivity contribution in [2.75, 3.05) is 11.6 Å². The van der Waals surface area contributed by atoms with Crippen LogP contribution in [0.4, 0.5) is 5.82 Å². The molecule has 1 aliphatic rings. The number of rotatable bonds is 4. The van der Waals surface area contributed by atoms with E-state index >= 15 is 0 Å². The third-order valence-corrected chi connectivity index (χ3v) is 6.10. The van der Waals surface area contributed by atoms with E-state index in [2.05, 4.69) is 38.4 Å². The van der Waals surface area contributed by atoms with Gasteiger partial charge in [-0.15, -0.1) is 0 Å². The zero-order valence-electron chi connectivity index (χ0n) is 15.4. The standard InChI is InChI=1S/C20H21N3O2S/c1-11-7-8-16-17(12(11)2)22-18(13(3)26-4)19-21-15(20(24)23(16)19)10-14-6-5-9-25-14/h5-9,13,15H,10H2,1-4H3/p+1. The number of nitrogens with one attached hydrogen (secondary N) is 1. The molecule has 1 aromatic carbocycles. The van der Waals surface area contributed by atoms with Gasteiger partial charge in [0.15, 0.2) is 5.52 Å². The fraction of sp³-hybridized carbons (Fsp3) is 0.350. The number of thioether (sulfide) groups is 1.